The predicted molar refractivity (Wildman–Crippen MR) is 79.1 cm³/mol. The zero-order chi connectivity index (χ0) is 15.3. The Balaban J connectivity index is 2.74. The van der Waals surface area contributed by atoms with Crippen molar-refractivity contribution in [2.75, 3.05) is 6.54 Å². The van der Waals surface area contributed by atoms with Crippen molar-refractivity contribution in [2.45, 2.75) is 30.8 Å². The maximum absolute atomic E-state index is 12.7. The quantitative estimate of drug-likeness (QED) is 0.688. The average Bonchev–Trinajstić information content (AvgIpc) is 2.37. The Labute approximate surface area is 132 Å². The second kappa shape index (κ2) is 7.45. The molecule has 0 aromatic heterocycles. The fourth-order valence-electron chi connectivity index (χ4n) is 1.53. The molecule has 0 heterocycles. The Kier molecular flexibility index (Phi) is 6.51. The largest absolute Gasteiger partial charge is 0.417 e. The van der Waals surface area contributed by atoms with Crippen LogP contribution < -0.4 is 5.32 Å². The van der Waals surface area contributed by atoms with Gasteiger partial charge in [-0.15, -0.1) is 0 Å². The highest BCUT2D eigenvalue weighted by Gasteiger charge is 2.33. The average molecular weight is 417 g/mol. The Hall–Kier alpha value is -0.560. The van der Waals surface area contributed by atoms with Gasteiger partial charge in [0, 0.05) is 21.4 Å². The van der Waals surface area contributed by atoms with Crippen LogP contribution in [0.2, 0.25) is 0 Å². The molecule has 0 fully saturated rings. The van der Waals surface area contributed by atoms with E-state index in [9.17, 15) is 18.0 Å². The number of amides is 1. The van der Waals surface area contributed by atoms with Crippen molar-refractivity contribution >= 4 is 37.8 Å². The fourth-order valence-corrected chi connectivity index (χ4v) is 2.23. The molecule has 1 amide bonds. The molecule has 112 valence electrons. The van der Waals surface area contributed by atoms with Gasteiger partial charge >= 0.3 is 6.18 Å². The van der Waals surface area contributed by atoms with Gasteiger partial charge < -0.3 is 5.32 Å². The lowest BCUT2D eigenvalue weighted by Crippen LogP contribution is -2.26. The first-order valence-corrected chi connectivity index (χ1v) is 7.75. The Morgan fingerprint density at radius 2 is 2.05 bits per heavy atom. The summed E-state index contributed by atoms with van der Waals surface area (Å²) in [7, 11) is 0. The topological polar surface area (TPSA) is 29.1 Å². The van der Waals surface area contributed by atoms with E-state index in [0.717, 1.165) is 18.9 Å². The molecule has 0 aliphatic carbocycles. The van der Waals surface area contributed by atoms with Crippen LogP contribution in [0.4, 0.5) is 13.2 Å². The minimum atomic E-state index is -4.49. The Bertz CT molecular complexity index is 477. The van der Waals surface area contributed by atoms with Crippen molar-refractivity contribution in [3.05, 3.63) is 33.8 Å². The van der Waals surface area contributed by atoms with E-state index < -0.39 is 17.6 Å². The molecule has 0 bridgehead atoms. The molecule has 2 nitrogen and oxygen atoms in total. The number of nitrogens with one attached hydrogen (secondary N) is 1. The van der Waals surface area contributed by atoms with E-state index >= 15 is 0 Å². The molecular formula is C13H14Br2F3NO. The van der Waals surface area contributed by atoms with Gasteiger partial charge in [-0.2, -0.15) is 13.2 Å². The van der Waals surface area contributed by atoms with Gasteiger partial charge in [0.25, 0.3) is 5.91 Å². The summed E-state index contributed by atoms with van der Waals surface area (Å²) in [6.07, 6.45) is -2.84. The van der Waals surface area contributed by atoms with Gasteiger partial charge in [-0.25, -0.2) is 0 Å². The number of hydrogen-bond acceptors (Lipinski definition) is 1. The number of carbonyl (C=O) groups excluding carboxylic acids is 1. The molecule has 1 rings (SSSR count). The van der Waals surface area contributed by atoms with Gasteiger partial charge in [-0.05, 0) is 31.0 Å². The lowest BCUT2D eigenvalue weighted by atomic mass is 10.1. The number of benzene rings is 1. The number of hydrogen-bond donors (Lipinski definition) is 1. The zero-order valence-corrected chi connectivity index (χ0v) is 13.9. The maximum Gasteiger partial charge on any atom is 0.417 e. The third-order valence-electron chi connectivity index (χ3n) is 2.72. The molecular weight excluding hydrogens is 403 g/mol. The smallest absolute Gasteiger partial charge is 0.352 e. The molecule has 1 unspecified atom stereocenters. The molecule has 0 radical (unpaired) electrons. The molecule has 1 aromatic rings. The predicted octanol–water partition coefficient (Wildman–Crippen LogP) is 4.76. The second-order valence-corrected chi connectivity index (χ2v) is 6.39. The van der Waals surface area contributed by atoms with Gasteiger partial charge in [-0.3, -0.25) is 4.79 Å². The van der Waals surface area contributed by atoms with Crippen molar-refractivity contribution in [1.29, 1.82) is 0 Å². The number of halogens is 5. The van der Waals surface area contributed by atoms with Gasteiger partial charge in [0.15, 0.2) is 0 Å². The monoisotopic (exact) mass is 415 g/mol. The Morgan fingerprint density at radius 3 is 2.60 bits per heavy atom. The van der Waals surface area contributed by atoms with Gasteiger partial charge in [0.05, 0.1) is 5.56 Å². The van der Waals surface area contributed by atoms with E-state index in [1.807, 2.05) is 6.92 Å². The lowest BCUT2D eigenvalue weighted by molar-refractivity contribution is -0.138. The summed E-state index contributed by atoms with van der Waals surface area (Å²) < 4.78 is 38.1. The van der Waals surface area contributed by atoms with Gasteiger partial charge in [0.1, 0.15) is 0 Å². The summed E-state index contributed by atoms with van der Waals surface area (Å²) in [6, 6.07) is 3.45. The van der Waals surface area contributed by atoms with E-state index in [-0.39, 0.29) is 10.0 Å². The van der Waals surface area contributed by atoms with E-state index in [1.54, 1.807) is 0 Å². The highest BCUT2D eigenvalue weighted by Crippen LogP contribution is 2.35. The molecule has 0 aliphatic rings. The molecule has 1 N–H and O–H groups in total. The minimum Gasteiger partial charge on any atom is -0.352 e. The first-order chi connectivity index (χ1) is 9.25. The second-order valence-electron chi connectivity index (χ2n) is 4.24. The first-order valence-electron chi connectivity index (χ1n) is 6.04. The van der Waals surface area contributed by atoms with Crippen molar-refractivity contribution in [3.8, 4) is 0 Å². The van der Waals surface area contributed by atoms with Crippen LogP contribution in [0.3, 0.4) is 0 Å². The molecule has 7 heteroatoms. The van der Waals surface area contributed by atoms with Crippen LogP contribution in [0.5, 0.6) is 0 Å². The maximum atomic E-state index is 12.7. The third-order valence-corrected chi connectivity index (χ3v) is 4.52. The molecule has 1 aromatic carbocycles. The third kappa shape index (κ3) is 5.09. The van der Waals surface area contributed by atoms with Crippen LogP contribution in [-0.2, 0) is 6.18 Å². The van der Waals surface area contributed by atoms with Crippen molar-refractivity contribution < 1.29 is 18.0 Å². The van der Waals surface area contributed by atoms with E-state index in [4.69, 9.17) is 0 Å². The van der Waals surface area contributed by atoms with Crippen molar-refractivity contribution in [3.63, 3.8) is 0 Å². The first kappa shape index (κ1) is 17.5. The van der Waals surface area contributed by atoms with Crippen LogP contribution >= 0.6 is 31.9 Å². The van der Waals surface area contributed by atoms with E-state index in [0.29, 0.717) is 11.4 Å². The molecule has 0 spiro atoms. The molecule has 0 saturated heterocycles. The number of carbonyl (C=O) groups is 1. The van der Waals surface area contributed by atoms with Crippen molar-refractivity contribution in [1.82, 2.24) is 5.32 Å². The highest BCUT2D eigenvalue weighted by molar-refractivity contribution is 9.10. The molecule has 0 saturated carbocycles. The number of alkyl halides is 4. The van der Waals surface area contributed by atoms with E-state index in [1.165, 1.54) is 12.1 Å². The summed E-state index contributed by atoms with van der Waals surface area (Å²) >= 11 is 6.26. The van der Waals surface area contributed by atoms with Crippen LogP contribution in [0.15, 0.2) is 22.7 Å². The lowest BCUT2D eigenvalue weighted by Gasteiger charge is -2.12. The van der Waals surface area contributed by atoms with Crippen LogP contribution in [0.25, 0.3) is 0 Å². The summed E-state index contributed by atoms with van der Waals surface area (Å²) in [5.41, 5.74) is -0.847. The normalized spacial score (nSPS) is 13.1. The molecule has 20 heavy (non-hydrogen) atoms. The SMILES string of the molecule is CCC(Br)CCNC(=O)c1ccc(Br)c(C(F)(F)F)c1. The molecule has 1 atom stereocenters. The van der Waals surface area contributed by atoms with E-state index in [2.05, 4.69) is 37.2 Å². The van der Waals surface area contributed by atoms with Crippen LogP contribution in [0, 0.1) is 0 Å². The fraction of sp³-hybridized carbons (Fsp3) is 0.462. The minimum absolute atomic E-state index is 0.00291. The summed E-state index contributed by atoms with van der Waals surface area (Å²) in [4.78, 5) is 12.1. The van der Waals surface area contributed by atoms with Gasteiger partial charge in [0.2, 0.25) is 0 Å². The highest BCUT2D eigenvalue weighted by atomic mass is 79.9. The standard InChI is InChI=1S/C13H14Br2F3NO/c1-2-9(14)5-6-19-12(20)8-3-4-11(15)10(7-8)13(16,17)18/h3-4,7,9H,2,5-6H2,1H3,(H,19,20). The molecule has 0 aliphatic heterocycles. The number of rotatable bonds is 5. The Morgan fingerprint density at radius 1 is 1.40 bits per heavy atom. The van der Waals surface area contributed by atoms with Crippen molar-refractivity contribution in [2.24, 2.45) is 0 Å². The van der Waals surface area contributed by atoms with Crippen LogP contribution in [-0.4, -0.2) is 17.3 Å². The van der Waals surface area contributed by atoms with Gasteiger partial charge in [-0.1, -0.05) is 38.8 Å². The van der Waals surface area contributed by atoms with Crippen LogP contribution in [0.1, 0.15) is 35.7 Å². The summed E-state index contributed by atoms with van der Waals surface area (Å²) in [6.45, 7) is 2.42. The summed E-state index contributed by atoms with van der Waals surface area (Å²) in [5, 5.41) is 2.61. The zero-order valence-electron chi connectivity index (χ0n) is 10.7. The summed E-state index contributed by atoms with van der Waals surface area (Å²) in [5.74, 6) is -0.501.